The first-order valence-electron chi connectivity index (χ1n) is 10.5. The summed E-state index contributed by atoms with van der Waals surface area (Å²) in [7, 11) is 0. The predicted octanol–water partition coefficient (Wildman–Crippen LogP) is 2.22. The molecule has 2 aliphatic carbocycles. The number of hydrogen-bond acceptors (Lipinski definition) is 9. The first kappa shape index (κ1) is 17.0. The van der Waals surface area contributed by atoms with Crippen LogP contribution in [0.4, 0.5) is 5.69 Å². The highest BCUT2D eigenvalue weighted by molar-refractivity contribution is 7.16. The molecule has 9 nitrogen and oxygen atoms in total. The van der Waals surface area contributed by atoms with Gasteiger partial charge >= 0.3 is 0 Å². The number of thiazole rings is 1. The molecule has 0 amide bonds. The van der Waals surface area contributed by atoms with Gasteiger partial charge in [0, 0.05) is 30.4 Å². The van der Waals surface area contributed by atoms with Crippen LogP contribution >= 0.6 is 11.3 Å². The van der Waals surface area contributed by atoms with E-state index in [1.807, 2.05) is 5.51 Å². The Labute approximate surface area is 184 Å². The van der Waals surface area contributed by atoms with Gasteiger partial charge in [-0.25, -0.2) is 9.67 Å². The molecule has 10 heteroatoms. The highest BCUT2D eigenvalue weighted by atomic mass is 32.1. The first-order chi connectivity index (χ1) is 15.7. The zero-order valence-corrected chi connectivity index (χ0v) is 17.4. The summed E-state index contributed by atoms with van der Waals surface area (Å²) >= 11 is 1.67. The SMILES string of the molecule is O=c1c2cccnc2cnn1Cc1nc([C@@]23C4[C@H]2[C@H]3CN4c2ccc3ncsc3c2)no1. The van der Waals surface area contributed by atoms with Gasteiger partial charge in [0.2, 0.25) is 5.89 Å². The normalized spacial score (nSPS) is 27.2. The Morgan fingerprint density at radius 2 is 2.19 bits per heavy atom. The molecule has 4 atom stereocenters. The van der Waals surface area contributed by atoms with Crippen molar-refractivity contribution in [3.05, 3.63) is 70.3 Å². The van der Waals surface area contributed by atoms with E-state index in [-0.39, 0.29) is 17.5 Å². The van der Waals surface area contributed by atoms with E-state index in [2.05, 4.69) is 48.3 Å². The standard InChI is InChI=1S/C22H15N7O2S/c30-20-12-2-1-5-23-15(12)7-25-29(20)9-17-26-21(27-31-17)22-13-8-28(19(22)18(13)22)11-3-4-14-16(6-11)32-10-24-14/h1-7,10,13,18-19H,8-9H2/t13-,18-,19?,22-/m1/s1. The Morgan fingerprint density at radius 1 is 1.22 bits per heavy atom. The molecule has 2 bridgehead atoms. The van der Waals surface area contributed by atoms with Crippen LogP contribution in [0.15, 0.2) is 57.6 Å². The van der Waals surface area contributed by atoms with Gasteiger partial charge in [0.25, 0.3) is 5.56 Å². The number of piperidine rings is 1. The zero-order chi connectivity index (χ0) is 21.0. The van der Waals surface area contributed by atoms with E-state index in [0.29, 0.717) is 34.7 Å². The fraction of sp³-hybridized carbons (Fsp3) is 0.273. The van der Waals surface area contributed by atoms with Crippen molar-refractivity contribution in [2.75, 3.05) is 11.4 Å². The Kier molecular flexibility index (Phi) is 2.95. The van der Waals surface area contributed by atoms with E-state index in [1.165, 1.54) is 15.1 Å². The van der Waals surface area contributed by atoms with Crippen LogP contribution in [0.3, 0.4) is 0 Å². The summed E-state index contributed by atoms with van der Waals surface area (Å²) in [5, 5.41) is 9.05. The maximum atomic E-state index is 12.7. The second-order valence-corrected chi connectivity index (χ2v) is 9.61. The lowest BCUT2D eigenvalue weighted by Gasteiger charge is -2.18. The number of anilines is 1. The smallest absolute Gasteiger partial charge is 0.276 e. The number of aromatic nitrogens is 6. The second kappa shape index (κ2) is 5.57. The lowest BCUT2D eigenvalue weighted by Crippen LogP contribution is -2.24. The summed E-state index contributed by atoms with van der Waals surface area (Å²) in [6.07, 6.45) is 3.23. The minimum atomic E-state index is -0.214. The van der Waals surface area contributed by atoms with Crippen LogP contribution in [-0.2, 0) is 12.0 Å². The molecule has 4 fully saturated rings. The first-order valence-corrected chi connectivity index (χ1v) is 11.4. The Bertz CT molecular complexity index is 1620. The van der Waals surface area contributed by atoms with Crippen molar-refractivity contribution >= 4 is 38.1 Å². The maximum absolute atomic E-state index is 12.7. The fourth-order valence-corrected chi connectivity index (χ4v) is 6.49. The van der Waals surface area contributed by atoms with E-state index in [9.17, 15) is 4.79 Å². The molecule has 6 heterocycles. The minimum absolute atomic E-state index is 0.0100. The van der Waals surface area contributed by atoms with Crippen molar-refractivity contribution in [3.63, 3.8) is 0 Å². The van der Waals surface area contributed by atoms with E-state index < -0.39 is 0 Å². The molecule has 1 aromatic carbocycles. The Hall–Kier alpha value is -3.66. The lowest BCUT2D eigenvalue weighted by atomic mass is 10.1. The van der Waals surface area contributed by atoms with Gasteiger partial charge in [-0.15, -0.1) is 11.3 Å². The molecule has 5 aromatic rings. The summed E-state index contributed by atoms with van der Waals surface area (Å²) in [6.45, 7) is 1.17. The summed E-state index contributed by atoms with van der Waals surface area (Å²) < 4.78 is 8.10. The quantitative estimate of drug-likeness (QED) is 0.418. The lowest BCUT2D eigenvalue weighted by molar-refractivity contribution is 0.356. The Balaban J connectivity index is 1.08. The van der Waals surface area contributed by atoms with Gasteiger partial charge < -0.3 is 9.42 Å². The molecule has 156 valence electrons. The number of hydrogen-bond donors (Lipinski definition) is 0. The molecule has 32 heavy (non-hydrogen) atoms. The van der Waals surface area contributed by atoms with Crippen LogP contribution in [0.2, 0.25) is 0 Å². The summed E-state index contributed by atoms with van der Waals surface area (Å²) in [5.74, 6) is 2.34. The Morgan fingerprint density at radius 3 is 3.12 bits per heavy atom. The molecule has 0 radical (unpaired) electrons. The van der Waals surface area contributed by atoms with Crippen molar-refractivity contribution in [2.24, 2.45) is 11.8 Å². The van der Waals surface area contributed by atoms with Gasteiger partial charge in [0.15, 0.2) is 5.82 Å². The van der Waals surface area contributed by atoms with Crippen LogP contribution in [-0.4, -0.2) is 42.5 Å². The van der Waals surface area contributed by atoms with Crippen LogP contribution in [0.1, 0.15) is 11.7 Å². The van der Waals surface area contributed by atoms with Crippen molar-refractivity contribution in [3.8, 4) is 0 Å². The molecule has 0 N–H and O–H groups in total. The minimum Gasteiger partial charge on any atom is -0.367 e. The van der Waals surface area contributed by atoms with Crippen LogP contribution in [0.25, 0.3) is 21.1 Å². The van der Waals surface area contributed by atoms with Crippen LogP contribution in [0, 0.1) is 11.8 Å². The highest BCUT2D eigenvalue weighted by Gasteiger charge is 2.95. The third-order valence-corrected chi connectivity index (χ3v) is 8.14. The predicted molar refractivity (Wildman–Crippen MR) is 117 cm³/mol. The summed E-state index contributed by atoms with van der Waals surface area (Å²) in [5.41, 5.74) is 4.54. The molecule has 2 saturated heterocycles. The van der Waals surface area contributed by atoms with Gasteiger partial charge in [-0.3, -0.25) is 9.78 Å². The van der Waals surface area contributed by atoms with E-state index in [4.69, 9.17) is 4.52 Å². The molecule has 4 aliphatic rings. The van der Waals surface area contributed by atoms with Crippen LogP contribution < -0.4 is 10.5 Å². The molecule has 9 rings (SSSR count). The van der Waals surface area contributed by atoms with Gasteiger partial charge in [-0.1, -0.05) is 5.16 Å². The topological polar surface area (TPSA) is 103 Å². The molecule has 2 aliphatic heterocycles. The van der Waals surface area contributed by atoms with Crippen molar-refractivity contribution in [2.45, 2.75) is 18.0 Å². The average molecular weight is 441 g/mol. The van der Waals surface area contributed by atoms with Gasteiger partial charge in [-0.05, 0) is 36.2 Å². The summed E-state index contributed by atoms with van der Waals surface area (Å²) in [6, 6.07) is 10.4. The van der Waals surface area contributed by atoms with Crippen molar-refractivity contribution in [1.29, 1.82) is 0 Å². The second-order valence-electron chi connectivity index (χ2n) is 8.72. The third kappa shape index (κ3) is 1.98. The third-order valence-electron chi connectivity index (χ3n) is 7.35. The van der Waals surface area contributed by atoms with Crippen LogP contribution in [0.5, 0.6) is 0 Å². The van der Waals surface area contributed by atoms with Gasteiger partial charge in [0.1, 0.15) is 6.54 Å². The van der Waals surface area contributed by atoms with E-state index in [1.54, 1.807) is 35.9 Å². The van der Waals surface area contributed by atoms with Crippen molar-refractivity contribution < 1.29 is 4.52 Å². The molecular formula is C22H15N7O2S. The monoisotopic (exact) mass is 441 g/mol. The van der Waals surface area contributed by atoms with Gasteiger partial charge in [0.05, 0.1) is 38.2 Å². The number of fused-ring (bicyclic) bond motifs is 3. The summed E-state index contributed by atoms with van der Waals surface area (Å²) in [4.78, 5) is 28.4. The largest absolute Gasteiger partial charge is 0.367 e. The highest BCUT2D eigenvalue weighted by Crippen LogP contribution is 2.85. The molecule has 0 spiro atoms. The van der Waals surface area contributed by atoms with Crippen molar-refractivity contribution in [1.82, 2.24) is 29.9 Å². The zero-order valence-electron chi connectivity index (χ0n) is 16.6. The van der Waals surface area contributed by atoms with E-state index in [0.717, 1.165) is 17.9 Å². The molecule has 4 aromatic heterocycles. The molecule has 2 saturated carbocycles. The fourth-order valence-electron chi connectivity index (χ4n) is 5.78. The number of benzene rings is 1. The number of pyridine rings is 1. The number of rotatable bonds is 4. The molecular weight excluding hydrogens is 426 g/mol. The molecule has 1 unspecified atom stereocenters. The van der Waals surface area contributed by atoms with Gasteiger partial charge in [-0.2, -0.15) is 10.1 Å². The number of nitrogens with zero attached hydrogens (tertiary/aromatic N) is 7. The average Bonchev–Trinajstić information content (AvgIpc) is 3.30. The maximum Gasteiger partial charge on any atom is 0.276 e. The van der Waals surface area contributed by atoms with E-state index >= 15 is 0 Å².